The van der Waals surface area contributed by atoms with Gasteiger partial charge >= 0.3 is 0 Å². The van der Waals surface area contributed by atoms with Crippen molar-refractivity contribution >= 4 is 5.91 Å². The lowest BCUT2D eigenvalue weighted by Gasteiger charge is -2.51. The van der Waals surface area contributed by atoms with Gasteiger partial charge in [0.05, 0.1) is 12.2 Å². The summed E-state index contributed by atoms with van der Waals surface area (Å²) in [5.74, 6) is 1.18. The maximum atomic E-state index is 12.6. The second-order valence-corrected chi connectivity index (χ2v) is 7.45. The Morgan fingerprint density at radius 1 is 1.23 bits per heavy atom. The van der Waals surface area contributed by atoms with Crippen LogP contribution in [0.5, 0.6) is 0 Å². The lowest BCUT2D eigenvalue weighted by Crippen LogP contribution is -2.61. The molecule has 3 heteroatoms. The minimum Gasteiger partial charge on any atom is -0.375 e. The summed E-state index contributed by atoms with van der Waals surface area (Å²) in [6, 6.07) is 9.52. The molecule has 3 rings (SSSR count). The number of benzene rings is 1. The summed E-state index contributed by atoms with van der Waals surface area (Å²) >= 11 is 0. The number of fused-ring (bicyclic) bond motifs is 1. The smallest absolute Gasteiger partial charge is 0.251 e. The molecule has 0 aromatic heterocycles. The standard InChI is InChI=1S/C19H27NO2/c1-13-9-10-16-17(11-13)22-14(2)12-19(16,3)20-18(21)15-7-5-4-6-8-15/h4-8,13-14,16-17H,9-12H2,1-3H3,(H,20,21)/t13-,14+,16-,17-,19+/m1/s1. The minimum atomic E-state index is -0.171. The van der Waals surface area contributed by atoms with E-state index in [-0.39, 0.29) is 23.7 Å². The first kappa shape index (κ1) is 15.5. The molecule has 0 unspecified atom stereocenters. The first-order chi connectivity index (χ1) is 10.5. The number of amides is 1. The van der Waals surface area contributed by atoms with Crippen LogP contribution in [0.2, 0.25) is 0 Å². The third-order valence-corrected chi connectivity index (χ3v) is 5.43. The first-order valence-corrected chi connectivity index (χ1v) is 8.51. The molecular weight excluding hydrogens is 274 g/mol. The quantitative estimate of drug-likeness (QED) is 0.902. The van der Waals surface area contributed by atoms with Crippen LogP contribution in [0.3, 0.4) is 0 Å². The van der Waals surface area contributed by atoms with Crippen LogP contribution in [0, 0.1) is 11.8 Å². The number of hydrogen-bond donors (Lipinski definition) is 1. The third-order valence-electron chi connectivity index (χ3n) is 5.43. The number of carbonyl (C=O) groups excluding carboxylic acids is 1. The van der Waals surface area contributed by atoms with Gasteiger partial charge in [0.15, 0.2) is 0 Å². The van der Waals surface area contributed by atoms with Gasteiger partial charge in [-0.3, -0.25) is 4.79 Å². The van der Waals surface area contributed by atoms with Crippen molar-refractivity contribution < 1.29 is 9.53 Å². The zero-order chi connectivity index (χ0) is 15.7. The molecule has 1 N–H and O–H groups in total. The van der Waals surface area contributed by atoms with Gasteiger partial charge in [0.1, 0.15) is 0 Å². The molecule has 1 saturated heterocycles. The van der Waals surface area contributed by atoms with Gasteiger partial charge in [0.25, 0.3) is 5.91 Å². The van der Waals surface area contributed by atoms with Crippen LogP contribution >= 0.6 is 0 Å². The zero-order valence-corrected chi connectivity index (χ0v) is 13.8. The van der Waals surface area contributed by atoms with Crippen molar-refractivity contribution in [2.75, 3.05) is 0 Å². The lowest BCUT2D eigenvalue weighted by molar-refractivity contribution is -0.135. The molecule has 22 heavy (non-hydrogen) atoms. The molecule has 0 spiro atoms. The van der Waals surface area contributed by atoms with Gasteiger partial charge in [0, 0.05) is 17.0 Å². The number of rotatable bonds is 2. The van der Waals surface area contributed by atoms with Gasteiger partial charge in [-0.25, -0.2) is 0 Å². The molecular formula is C19H27NO2. The molecule has 1 amide bonds. The number of hydrogen-bond acceptors (Lipinski definition) is 2. The fraction of sp³-hybridized carbons (Fsp3) is 0.632. The predicted octanol–water partition coefficient (Wildman–Crippen LogP) is 3.79. The van der Waals surface area contributed by atoms with Crippen LogP contribution in [0.1, 0.15) is 56.8 Å². The van der Waals surface area contributed by atoms with Gasteiger partial charge in [-0.05, 0) is 51.2 Å². The van der Waals surface area contributed by atoms with Crippen molar-refractivity contribution in [1.29, 1.82) is 0 Å². The van der Waals surface area contributed by atoms with E-state index >= 15 is 0 Å². The monoisotopic (exact) mass is 301 g/mol. The van der Waals surface area contributed by atoms with Crippen molar-refractivity contribution in [1.82, 2.24) is 5.32 Å². The maximum Gasteiger partial charge on any atom is 0.251 e. The van der Waals surface area contributed by atoms with Crippen molar-refractivity contribution in [2.24, 2.45) is 11.8 Å². The van der Waals surface area contributed by atoms with Crippen molar-refractivity contribution in [3.8, 4) is 0 Å². The predicted molar refractivity (Wildman–Crippen MR) is 87.8 cm³/mol. The van der Waals surface area contributed by atoms with Crippen LogP contribution < -0.4 is 5.32 Å². The Morgan fingerprint density at radius 3 is 2.68 bits per heavy atom. The van der Waals surface area contributed by atoms with Crippen molar-refractivity contribution in [2.45, 2.75) is 64.2 Å². The Hall–Kier alpha value is -1.35. The minimum absolute atomic E-state index is 0.0366. The topological polar surface area (TPSA) is 38.3 Å². The number of carbonyl (C=O) groups is 1. The van der Waals surface area contributed by atoms with Crippen LogP contribution in [0.4, 0.5) is 0 Å². The highest BCUT2D eigenvalue weighted by molar-refractivity contribution is 5.94. The summed E-state index contributed by atoms with van der Waals surface area (Å²) in [7, 11) is 0. The Bertz CT molecular complexity index is 527. The average molecular weight is 301 g/mol. The van der Waals surface area contributed by atoms with E-state index in [4.69, 9.17) is 4.74 Å². The van der Waals surface area contributed by atoms with E-state index < -0.39 is 0 Å². The first-order valence-electron chi connectivity index (χ1n) is 8.51. The average Bonchev–Trinajstić information content (AvgIpc) is 2.47. The van der Waals surface area contributed by atoms with E-state index in [1.54, 1.807) is 0 Å². The Kier molecular flexibility index (Phi) is 4.26. The molecule has 1 aliphatic carbocycles. The third kappa shape index (κ3) is 3.05. The number of ether oxygens (including phenoxy) is 1. The highest BCUT2D eigenvalue weighted by atomic mass is 16.5. The fourth-order valence-electron chi connectivity index (χ4n) is 4.37. The molecule has 5 atom stereocenters. The van der Waals surface area contributed by atoms with Crippen LogP contribution in [-0.2, 0) is 4.74 Å². The SMILES string of the molecule is C[C@@H]1CC[C@@H]2[C@@H](C1)O[C@@H](C)C[C@]2(C)NC(=O)c1ccccc1. The molecule has 2 aliphatic rings. The van der Waals surface area contributed by atoms with Gasteiger partial charge in [-0.2, -0.15) is 0 Å². The summed E-state index contributed by atoms with van der Waals surface area (Å²) < 4.78 is 6.19. The summed E-state index contributed by atoms with van der Waals surface area (Å²) in [4.78, 5) is 12.6. The lowest BCUT2D eigenvalue weighted by atomic mass is 9.67. The van der Waals surface area contributed by atoms with Crippen molar-refractivity contribution in [3.05, 3.63) is 35.9 Å². The molecule has 1 aliphatic heterocycles. The number of nitrogens with one attached hydrogen (secondary N) is 1. The molecule has 1 saturated carbocycles. The molecule has 120 valence electrons. The summed E-state index contributed by atoms with van der Waals surface area (Å²) in [5, 5.41) is 3.34. The van der Waals surface area contributed by atoms with Gasteiger partial charge in [0.2, 0.25) is 0 Å². The maximum absolute atomic E-state index is 12.6. The van der Waals surface area contributed by atoms with E-state index in [9.17, 15) is 4.79 Å². The molecule has 3 nitrogen and oxygen atoms in total. The van der Waals surface area contributed by atoms with Gasteiger partial charge < -0.3 is 10.1 Å². The van der Waals surface area contributed by atoms with E-state index in [0.29, 0.717) is 5.92 Å². The Labute approximate surface area is 133 Å². The molecule has 2 fully saturated rings. The molecule has 0 radical (unpaired) electrons. The van der Waals surface area contributed by atoms with Crippen molar-refractivity contribution in [3.63, 3.8) is 0 Å². The Morgan fingerprint density at radius 2 is 1.95 bits per heavy atom. The summed E-state index contributed by atoms with van der Waals surface area (Å²) in [6.07, 6.45) is 4.87. The molecule has 1 heterocycles. The fourth-order valence-corrected chi connectivity index (χ4v) is 4.37. The van der Waals surface area contributed by atoms with Crippen LogP contribution in [0.25, 0.3) is 0 Å². The summed E-state index contributed by atoms with van der Waals surface area (Å²) in [6.45, 7) is 6.64. The second kappa shape index (κ2) is 6.04. The summed E-state index contributed by atoms with van der Waals surface area (Å²) in [5.41, 5.74) is 0.568. The second-order valence-electron chi connectivity index (χ2n) is 7.45. The van der Waals surface area contributed by atoms with Gasteiger partial charge in [-0.1, -0.05) is 31.5 Å². The van der Waals surface area contributed by atoms with E-state index in [0.717, 1.165) is 30.7 Å². The van der Waals surface area contributed by atoms with E-state index in [1.807, 2.05) is 30.3 Å². The van der Waals surface area contributed by atoms with E-state index in [1.165, 1.54) is 6.42 Å². The highest BCUT2D eigenvalue weighted by Gasteiger charge is 2.48. The van der Waals surface area contributed by atoms with Crippen LogP contribution in [0.15, 0.2) is 30.3 Å². The molecule has 0 bridgehead atoms. The zero-order valence-electron chi connectivity index (χ0n) is 13.8. The highest BCUT2D eigenvalue weighted by Crippen LogP contribution is 2.43. The molecule has 1 aromatic rings. The molecule has 1 aromatic carbocycles. The van der Waals surface area contributed by atoms with Crippen LogP contribution in [-0.4, -0.2) is 23.7 Å². The Balaban J connectivity index is 1.79. The normalized spacial score (nSPS) is 38.1. The largest absolute Gasteiger partial charge is 0.375 e. The van der Waals surface area contributed by atoms with E-state index in [2.05, 4.69) is 26.1 Å². The van der Waals surface area contributed by atoms with Gasteiger partial charge in [-0.15, -0.1) is 0 Å².